The second-order valence-corrected chi connectivity index (χ2v) is 5.28. The van der Waals surface area contributed by atoms with Crippen LogP contribution in [0, 0.1) is 0 Å². The third kappa shape index (κ3) is 5.53. The maximum atomic E-state index is 12.1. The number of nitrogens with zero attached hydrogens (tertiary/aromatic N) is 1. The van der Waals surface area contributed by atoms with Crippen LogP contribution in [0.4, 0.5) is 0 Å². The van der Waals surface area contributed by atoms with Crippen molar-refractivity contribution in [3.63, 3.8) is 0 Å². The monoisotopic (exact) mass is 326 g/mol. The third-order valence-corrected chi connectivity index (χ3v) is 3.26. The molecule has 0 aliphatic rings. The SMILES string of the molecule is CCCNC(=O)CN(C)CC(=O)c1ccccc1Br. The van der Waals surface area contributed by atoms with Gasteiger partial charge in [-0.1, -0.05) is 41.1 Å². The molecule has 0 radical (unpaired) electrons. The zero-order chi connectivity index (χ0) is 14.3. The second kappa shape index (κ2) is 8.07. The van der Waals surface area contributed by atoms with Crippen LogP contribution in [0.3, 0.4) is 0 Å². The van der Waals surface area contributed by atoms with Crippen molar-refractivity contribution in [3.05, 3.63) is 34.3 Å². The van der Waals surface area contributed by atoms with Crippen LogP contribution in [0.15, 0.2) is 28.7 Å². The Balaban J connectivity index is 2.48. The van der Waals surface area contributed by atoms with Gasteiger partial charge in [0.25, 0.3) is 0 Å². The van der Waals surface area contributed by atoms with E-state index in [2.05, 4.69) is 21.2 Å². The molecule has 0 aliphatic heterocycles. The fourth-order valence-electron chi connectivity index (χ4n) is 1.64. The molecule has 1 aromatic carbocycles. The molecular formula is C14H19BrN2O2. The Hall–Kier alpha value is -1.20. The van der Waals surface area contributed by atoms with Gasteiger partial charge in [-0.15, -0.1) is 0 Å². The van der Waals surface area contributed by atoms with Crippen molar-refractivity contribution in [1.82, 2.24) is 10.2 Å². The number of amides is 1. The van der Waals surface area contributed by atoms with E-state index in [1.807, 2.05) is 25.1 Å². The topological polar surface area (TPSA) is 49.4 Å². The third-order valence-electron chi connectivity index (χ3n) is 2.57. The number of likely N-dealkylation sites (N-methyl/N-ethyl adjacent to an activating group) is 1. The first kappa shape index (κ1) is 15.9. The van der Waals surface area contributed by atoms with Gasteiger partial charge >= 0.3 is 0 Å². The van der Waals surface area contributed by atoms with E-state index in [9.17, 15) is 9.59 Å². The summed E-state index contributed by atoms with van der Waals surface area (Å²) >= 11 is 3.35. The van der Waals surface area contributed by atoms with Crippen LogP contribution < -0.4 is 5.32 Å². The predicted octanol–water partition coefficient (Wildman–Crippen LogP) is 2.09. The summed E-state index contributed by atoms with van der Waals surface area (Å²) in [6.45, 7) is 3.13. The molecule has 1 rings (SSSR count). The van der Waals surface area contributed by atoms with E-state index >= 15 is 0 Å². The summed E-state index contributed by atoms with van der Waals surface area (Å²) in [4.78, 5) is 25.3. The molecule has 104 valence electrons. The zero-order valence-electron chi connectivity index (χ0n) is 11.3. The van der Waals surface area contributed by atoms with Gasteiger partial charge in [-0.2, -0.15) is 0 Å². The highest BCUT2D eigenvalue weighted by Crippen LogP contribution is 2.16. The van der Waals surface area contributed by atoms with Crippen LogP contribution in [-0.4, -0.2) is 43.3 Å². The summed E-state index contributed by atoms with van der Waals surface area (Å²) in [6, 6.07) is 7.30. The van der Waals surface area contributed by atoms with Crippen molar-refractivity contribution < 1.29 is 9.59 Å². The van der Waals surface area contributed by atoms with Gasteiger partial charge in [-0.25, -0.2) is 0 Å². The summed E-state index contributed by atoms with van der Waals surface area (Å²) in [5, 5.41) is 2.79. The Bertz CT molecular complexity index is 449. The van der Waals surface area contributed by atoms with E-state index in [0.29, 0.717) is 12.1 Å². The molecule has 1 N–H and O–H groups in total. The molecule has 0 fully saturated rings. The molecular weight excluding hydrogens is 308 g/mol. The fourth-order valence-corrected chi connectivity index (χ4v) is 2.14. The van der Waals surface area contributed by atoms with Crippen LogP contribution in [0.5, 0.6) is 0 Å². The Morgan fingerprint density at radius 1 is 1.26 bits per heavy atom. The van der Waals surface area contributed by atoms with E-state index in [1.54, 1.807) is 18.0 Å². The van der Waals surface area contributed by atoms with Crippen molar-refractivity contribution in [2.75, 3.05) is 26.7 Å². The molecule has 0 saturated heterocycles. The summed E-state index contributed by atoms with van der Waals surface area (Å²) in [6.07, 6.45) is 0.908. The minimum Gasteiger partial charge on any atom is -0.355 e. The Kier molecular flexibility index (Phi) is 6.73. The number of hydrogen-bond donors (Lipinski definition) is 1. The lowest BCUT2D eigenvalue weighted by Crippen LogP contribution is -2.37. The molecule has 0 saturated carbocycles. The molecule has 0 aliphatic carbocycles. The molecule has 0 atom stereocenters. The summed E-state index contributed by atoms with van der Waals surface area (Å²) in [7, 11) is 1.76. The number of carbonyl (C=O) groups excluding carboxylic acids is 2. The average molecular weight is 327 g/mol. The number of Topliss-reactive ketones (excluding diaryl/α,β-unsaturated/α-hetero) is 1. The number of hydrogen-bond acceptors (Lipinski definition) is 3. The Morgan fingerprint density at radius 3 is 2.58 bits per heavy atom. The van der Waals surface area contributed by atoms with Crippen molar-refractivity contribution in [3.8, 4) is 0 Å². The quantitative estimate of drug-likeness (QED) is 0.780. The number of ketones is 1. The molecule has 0 bridgehead atoms. The first-order valence-corrected chi connectivity index (χ1v) is 7.07. The van der Waals surface area contributed by atoms with Crippen LogP contribution in [-0.2, 0) is 4.79 Å². The average Bonchev–Trinajstić information content (AvgIpc) is 2.36. The van der Waals surface area contributed by atoms with Crippen LogP contribution >= 0.6 is 15.9 Å². The van der Waals surface area contributed by atoms with E-state index < -0.39 is 0 Å². The smallest absolute Gasteiger partial charge is 0.234 e. The lowest BCUT2D eigenvalue weighted by Gasteiger charge is -2.15. The molecule has 0 spiro atoms. The van der Waals surface area contributed by atoms with Gasteiger partial charge in [-0.3, -0.25) is 14.5 Å². The second-order valence-electron chi connectivity index (χ2n) is 4.43. The minimum absolute atomic E-state index is 0.00161. The predicted molar refractivity (Wildman–Crippen MR) is 79.3 cm³/mol. The summed E-state index contributed by atoms with van der Waals surface area (Å²) < 4.78 is 0.781. The van der Waals surface area contributed by atoms with E-state index in [1.165, 1.54) is 0 Å². The van der Waals surface area contributed by atoms with Gasteiger partial charge in [0, 0.05) is 16.6 Å². The van der Waals surface area contributed by atoms with Crippen LogP contribution in [0.1, 0.15) is 23.7 Å². The van der Waals surface area contributed by atoms with E-state index in [0.717, 1.165) is 10.9 Å². The zero-order valence-corrected chi connectivity index (χ0v) is 12.9. The molecule has 0 aromatic heterocycles. The molecule has 19 heavy (non-hydrogen) atoms. The van der Waals surface area contributed by atoms with Crippen molar-refractivity contribution in [1.29, 1.82) is 0 Å². The number of carbonyl (C=O) groups is 2. The first-order valence-electron chi connectivity index (χ1n) is 6.27. The normalized spacial score (nSPS) is 10.5. The summed E-state index contributed by atoms with van der Waals surface area (Å²) in [5.41, 5.74) is 0.642. The molecule has 1 aromatic rings. The highest BCUT2D eigenvalue weighted by atomic mass is 79.9. The van der Waals surface area contributed by atoms with Gasteiger partial charge in [0.05, 0.1) is 13.1 Å². The Morgan fingerprint density at radius 2 is 1.95 bits per heavy atom. The number of benzene rings is 1. The fraction of sp³-hybridized carbons (Fsp3) is 0.429. The highest BCUT2D eigenvalue weighted by molar-refractivity contribution is 9.10. The van der Waals surface area contributed by atoms with Gasteiger partial charge < -0.3 is 5.32 Å². The standard InChI is InChI=1S/C14H19BrN2O2/c1-3-8-16-14(19)10-17(2)9-13(18)11-6-4-5-7-12(11)15/h4-7H,3,8-10H2,1-2H3,(H,16,19). The molecule has 0 heterocycles. The van der Waals surface area contributed by atoms with Crippen molar-refractivity contribution in [2.45, 2.75) is 13.3 Å². The van der Waals surface area contributed by atoms with Gasteiger partial charge in [-0.05, 0) is 19.5 Å². The van der Waals surface area contributed by atoms with Crippen LogP contribution in [0.25, 0.3) is 0 Å². The van der Waals surface area contributed by atoms with Crippen molar-refractivity contribution in [2.24, 2.45) is 0 Å². The molecule has 0 unspecified atom stereocenters. The number of rotatable bonds is 7. The lowest BCUT2D eigenvalue weighted by atomic mass is 10.1. The minimum atomic E-state index is -0.0516. The maximum absolute atomic E-state index is 12.1. The molecule has 4 nitrogen and oxygen atoms in total. The summed E-state index contributed by atoms with van der Waals surface area (Å²) in [5.74, 6) is -0.0532. The maximum Gasteiger partial charge on any atom is 0.234 e. The van der Waals surface area contributed by atoms with E-state index in [4.69, 9.17) is 0 Å². The largest absolute Gasteiger partial charge is 0.355 e. The van der Waals surface area contributed by atoms with E-state index in [-0.39, 0.29) is 24.8 Å². The lowest BCUT2D eigenvalue weighted by molar-refractivity contribution is -0.121. The first-order chi connectivity index (χ1) is 9.04. The molecule has 1 amide bonds. The molecule has 5 heteroatoms. The van der Waals surface area contributed by atoms with Gasteiger partial charge in [0.2, 0.25) is 5.91 Å². The van der Waals surface area contributed by atoms with Crippen molar-refractivity contribution >= 4 is 27.6 Å². The Labute approximate surface area is 122 Å². The van der Waals surface area contributed by atoms with Gasteiger partial charge in [0.1, 0.15) is 0 Å². The highest BCUT2D eigenvalue weighted by Gasteiger charge is 2.13. The van der Waals surface area contributed by atoms with Crippen LogP contribution in [0.2, 0.25) is 0 Å². The number of nitrogens with one attached hydrogen (secondary N) is 1. The number of halogens is 1. The van der Waals surface area contributed by atoms with Gasteiger partial charge in [0.15, 0.2) is 5.78 Å².